The molecule has 0 aliphatic rings. The van der Waals surface area contributed by atoms with Gasteiger partial charge in [-0.05, 0) is 19.1 Å². The molecule has 0 saturated carbocycles. The Hall–Kier alpha value is -1.47. The number of hydrogen-bond acceptors (Lipinski definition) is 5. The number of carbonyl (C=O) groups is 1. The lowest BCUT2D eigenvalue weighted by molar-refractivity contribution is -0.143. The Morgan fingerprint density at radius 1 is 1.35 bits per heavy atom. The molecule has 0 unspecified atom stereocenters. The van der Waals surface area contributed by atoms with Gasteiger partial charge in [-0.25, -0.2) is 8.42 Å². The quantitative estimate of drug-likeness (QED) is 0.665. The topological polar surface area (TPSA) is 76.6 Å². The van der Waals surface area contributed by atoms with Crippen molar-refractivity contribution in [3.05, 3.63) is 30.1 Å². The van der Waals surface area contributed by atoms with Gasteiger partial charge in [0.25, 0.3) is 0 Å². The van der Waals surface area contributed by atoms with Crippen LogP contribution in [0.2, 0.25) is 0 Å². The zero-order valence-corrected chi connectivity index (χ0v) is 12.6. The van der Waals surface area contributed by atoms with Crippen LogP contribution in [0.1, 0.15) is 19.5 Å². The minimum Gasteiger partial charge on any atom is -0.465 e. The van der Waals surface area contributed by atoms with E-state index >= 15 is 0 Å². The van der Waals surface area contributed by atoms with Crippen molar-refractivity contribution in [1.82, 2.24) is 9.29 Å². The molecule has 0 bridgehead atoms. The summed E-state index contributed by atoms with van der Waals surface area (Å²) in [5.74, 6) is -0.604. The molecule has 0 N–H and O–H groups in total. The Morgan fingerprint density at radius 3 is 2.65 bits per heavy atom. The van der Waals surface area contributed by atoms with Crippen LogP contribution >= 0.6 is 0 Å². The molecule has 0 aliphatic heterocycles. The van der Waals surface area contributed by atoms with Gasteiger partial charge in [0.05, 0.1) is 12.4 Å². The van der Waals surface area contributed by atoms with Gasteiger partial charge in [-0.15, -0.1) is 0 Å². The van der Waals surface area contributed by atoms with Crippen LogP contribution in [0.5, 0.6) is 0 Å². The van der Waals surface area contributed by atoms with E-state index in [-0.39, 0.29) is 25.4 Å². The standard InChI is InChI=1S/C13H20N2O4S/c1-3-15(11-13(16)19-4-2)20(17,18)10-8-12-7-5-6-9-14-12/h5-7,9H,3-4,8,10-11H2,1-2H3. The van der Waals surface area contributed by atoms with E-state index in [0.717, 1.165) is 4.31 Å². The second-order valence-corrected chi connectivity index (χ2v) is 6.21. The second-order valence-electron chi connectivity index (χ2n) is 4.12. The van der Waals surface area contributed by atoms with Crippen molar-refractivity contribution >= 4 is 16.0 Å². The molecule has 112 valence electrons. The fourth-order valence-corrected chi connectivity index (χ4v) is 3.09. The summed E-state index contributed by atoms with van der Waals surface area (Å²) in [6.45, 7) is 3.62. The third-order valence-electron chi connectivity index (χ3n) is 2.70. The summed E-state index contributed by atoms with van der Waals surface area (Å²) >= 11 is 0. The Balaban J connectivity index is 2.63. The predicted molar refractivity (Wildman–Crippen MR) is 75.6 cm³/mol. The highest BCUT2D eigenvalue weighted by Crippen LogP contribution is 2.05. The molecular weight excluding hydrogens is 280 g/mol. The lowest BCUT2D eigenvalue weighted by atomic mass is 10.3. The molecule has 0 aliphatic carbocycles. The number of hydrogen-bond donors (Lipinski definition) is 0. The molecule has 0 spiro atoms. The number of esters is 1. The minimum atomic E-state index is -3.49. The third kappa shape index (κ3) is 5.26. The van der Waals surface area contributed by atoms with Crippen LogP contribution in [0.25, 0.3) is 0 Å². The molecule has 0 saturated heterocycles. The highest BCUT2D eigenvalue weighted by Gasteiger charge is 2.23. The third-order valence-corrected chi connectivity index (χ3v) is 4.59. The van der Waals surface area contributed by atoms with Gasteiger partial charge in [-0.2, -0.15) is 4.31 Å². The van der Waals surface area contributed by atoms with Crippen molar-refractivity contribution < 1.29 is 17.9 Å². The van der Waals surface area contributed by atoms with E-state index in [1.54, 1.807) is 32.2 Å². The predicted octanol–water partition coefficient (Wildman–Crippen LogP) is 0.839. The molecule has 0 fully saturated rings. The van der Waals surface area contributed by atoms with Gasteiger partial charge in [0.1, 0.15) is 6.54 Å². The number of sulfonamides is 1. The average Bonchev–Trinajstić information content (AvgIpc) is 2.44. The molecule has 0 radical (unpaired) electrons. The molecule has 1 aromatic heterocycles. The SMILES string of the molecule is CCOC(=O)CN(CC)S(=O)(=O)CCc1ccccn1. The molecule has 20 heavy (non-hydrogen) atoms. The number of rotatable bonds is 8. The summed E-state index contributed by atoms with van der Waals surface area (Å²) < 4.78 is 30.2. The molecular formula is C13H20N2O4S. The van der Waals surface area contributed by atoms with Crippen LogP contribution in [-0.4, -0.2) is 49.1 Å². The van der Waals surface area contributed by atoms with E-state index in [1.165, 1.54) is 0 Å². The summed E-state index contributed by atoms with van der Waals surface area (Å²) in [4.78, 5) is 15.5. The van der Waals surface area contributed by atoms with Crippen molar-refractivity contribution in [2.24, 2.45) is 0 Å². The molecule has 1 rings (SSSR count). The smallest absolute Gasteiger partial charge is 0.321 e. The first-order valence-corrected chi connectivity index (χ1v) is 8.13. The van der Waals surface area contributed by atoms with Crippen molar-refractivity contribution in [2.45, 2.75) is 20.3 Å². The van der Waals surface area contributed by atoms with E-state index in [0.29, 0.717) is 12.1 Å². The molecule has 0 aromatic carbocycles. The van der Waals surface area contributed by atoms with Crippen molar-refractivity contribution in [3.63, 3.8) is 0 Å². The van der Waals surface area contributed by atoms with Crippen LogP contribution < -0.4 is 0 Å². The highest BCUT2D eigenvalue weighted by molar-refractivity contribution is 7.89. The first-order valence-electron chi connectivity index (χ1n) is 6.53. The fourth-order valence-electron chi connectivity index (χ4n) is 1.67. The van der Waals surface area contributed by atoms with Gasteiger partial charge in [-0.1, -0.05) is 13.0 Å². The summed E-state index contributed by atoms with van der Waals surface area (Å²) in [6.07, 6.45) is 1.95. The van der Waals surface area contributed by atoms with Crippen LogP contribution in [0.4, 0.5) is 0 Å². The number of ether oxygens (including phenoxy) is 1. The van der Waals surface area contributed by atoms with Crippen LogP contribution in [-0.2, 0) is 26.0 Å². The maximum absolute atomic E-state index is 12.2. The summed E-state index contributed by atoms with van der Waals surface area (Å²) in [7, 11) is -3.49. The molecule has 0 atom stereocenters. The zero-order chi connectivity index (χ0) is 15.0. The number of pyridine rings is 1. The van der Waals surface area contributed by atoms with E-state index in [1.807, 2.05) is 6.07 Å². The minimum absolute atomic E-state index is 0.0722. The molecule has 1 aromatic rings. The molecule has 6 nitrogen and oxygen atoms in total. The van der Waals surface area contributed by atoms with Crippen molar-refractivity contribution in [1.29, 1.82) is 0 Å². The Kier molecular flexibility index (Phi) is 6.60. The average molecular weight is 300 g/mol. The maximum atomic E-state index is 12.2. The van der Waals surface area contributed by atoms with Gasteiger partial charge in [0.2, 0.25) is 10.0 Å². The first kappa shape index (κ1) is 16.6. The van der Waals surface area contributed by atoms with E-state index in [2.05, 4.69) is 4.98 Å². The number of aromatic nitrogens is 1. The highest BCUT2D eigenvalue weighted by atomic mass is 32.2. The lowest BCUT2D eigenvalue weighted by Crippen LogP contribution is -2.38. The number of aryl methyl sites for hydroxylation is 1. The van der Waals surface area contributed by atoms with Crippen molar-refractivity contribution in [3.8, 4) is 0 Å². The molecule has 1 heterocycles. The Bertz CT molecular complexity index is 516. The molecule has 7 heteroatoms. The Morgan fingerprint density at radius 2 is 2.10 bits per heavy atom. The van der Waals surface area contributed by atoms with Crippen LogP contribution in [0, 0.1) is 0 Å². The first-order chi connectivity index (χ1) is 9.49. The maximum Gasteiger partial charge on any atom is 0.321 e. The zero-order valence-electron chi connectivity index (χ0n) is 11.8. The number of nitrogens with zero attached hydrogens (tertiary/aromatic N) is 2. The number of carbonyl (C=O) groups excluding carboxylic acids is 1. The van der Waals surface area contributed by atoms with Gasteiger partial charge in [0, 0.05) is 24.9 Å². The summed E-state index contributed by atoms with van der Waals surface area (Å²) in [6, 6.07) is 5.36. The molecule has 0 amide bonds. The van der Waals surface area contributed by atoms with Crippen LogP contribution in [0.3, 0.4) is 0 Å². The van der Waals surface area contributed by atoms with Gasteiger partial charge < -0.3 is 4.74 Å². The number of likely N-dealkylation sites (N-methyl/N-ethyl adjacent to an activating group) is 1. The fraction of sp³-hybridized carbons (Fsp3) is 0.538. The van der Waals surface area contributed by atoms with Gasteiger partial charge in [0.15, 0.2) is 0 Å². The van der Waals surface area contributed by atoms with E-state index in [9.17, 15) is 13.2 Å². The van der Waals surface area contributed by atoms with E-state index < -0.39 is 16.0 Å². The normalized spacial score (nSPS) is 11.6. The second kappa shape index (κ2) is 7.96. The monoisotopic (exact) mass is 300 g/mol. The largest absolute Gasteiger partial charge is 0.465 e. The van der Waals surface area contributed by atoms with Crippen molar-refractivity contribution in [2.75, 3.05) is 25.4 Å². The summed E-state index contributed by atoms with van der Waals surface area (Å²) in [5, 5.41) is 0. The lowest BCUT2D eigenvalue weighted by Gasteiger charge is -2.19. The Labute approximate surface area is 119 Å². The van der Waals surface area contributed by atoms with Crippen LogP contribution in [0.15, 0.2) is 24.4 Å². The van der Waals surface area contributed by atoms with E-state index in [4.69, 9.17) is 4.74 Å². The summed E-state index contributed by atoms with van der Waals surface area (Å²) in [5.41, 5.74) is 0.711. The van der Waals surface area contributed by atoms with Gasteiger partial charge in [-0.3, -0.25) is 9.78 Å². The van der Waals surface area contributed by atoms with Gasteiger partial charge >= 0.3 is 5.97 Å².